The molecule has 1 unspecified atom stereocenters. The molecule has 1 atom stereocenters. The fraction of sp³-hybridized carbons (Fsp3) is 0.800. The van der Waals surface area contributed by atoms with Crippen LogP contribution in [-0.4, -0.2) is 54.7 Å². The van der Waals surface area contributed by atoms with Gasteiger partial charge >= 0.3 is 6.03 Å². The summed E-state index contributed by atoms with van der Waals surface area (Å²) in [4.78, 5) is 15.5. The highest BCUT2D eigenvalue weighted by molar-refractivity contribution is 5.74. The predicted molar refractivity (Wildman–Crippen MR) is 53.1 cm³/mol. The molecule has 82 valence electrons. The molecule has 15 heavy (non-hydrogen) atoms. The molecule has 0 N–H and O–H groups in total. The Morgan fingerprint density at radius 2 is 2.00 bits per heavy atom. The normalized spacial score (nSPS) is 26.5. The fourth-order valence-electron chi connectivity index (χ4n) is 2.01. The number of rotatable bonds is 0. The van der Waals surface area contributed by atoms with Crippen LogP contribution in [0.5, 0.6) is 0 Å². The molecule has 2 saturated heterocycles. The average Bonchev–Trinajstić information content (AvgIpc) is 2.81. The third-order valence-corrected chi connectivity index (χ3v) is 2.86. The van der Waals surface area contributed by atoms with Crippen molar-refractivity contribution in [3.63, 3.8) is 0 Å². The Morgan fingerprint density at radius 3 is 2.67 bits per heavy atom. The number of ether oxygens (including phenoxy) is 1. The van der Waals surface area contributed by atoms with E-state index in [1.54, 1.807) is 4.90 Å². The predicted octanol–water partition coefficient (Wildman–Crippen LogP) is 0.427. The summed E-state index contributed by atoms with van der Waals surface area (Å²) in [6, 6.07) is 2.11. The van der Waals surface area contributed by atoms with Crippen molar-refractivity contribution in [1.82, 2.24) is 9.80 Å². The third kappa shape index (κ3) is 2.21. The molecule has 0 radical (unpaired) electrons. The van der Waals surface area contributed by atoms with Crippen LogP contribution in [0.1, 0.15) is 12.8 Å². The monoisotopic (exact) mass is 209 g/mol. The first-order valence-corrected chi connectivity index (χ1v) is 5.36. The van der Waals surface area contributed by atoms with Gasteiger partial charge in [0.15, 0.2) is 6.10 Å². The molecular formula is C10H15N3O2. The van der Waals surface area contributed by atoms with Gasteiger partial charge in [0.25, 0.3) is 0 Å². The lowest BCUT2D eigenvalue weighted by atomic mass is 10.3. The maximum absolute atomic E-state index is 11.9. The van der Waals surface area contributed by atoms with Gasteiger partial charge in [0.05, 0.1) is 19.2 Å². The van der Waals surface area contributed by atoms with Crippen molar-refractivity contribution in [3.8, 4) is 6.07 Å². The molecule has 0 spiro atoms. The Morgan fingerprint density at radius 1 is 1.27 bits per heavy atom. The van der Waals surface area contributed by atoms with Gasteiger partial charge in [-0.05, 0) is 12.8 Å². The van der Waals surface area contributed by atoms with Gasteiger partial charge in [-0.1, -0.05) is 0 Å². The summed E-state index contributed by atoms with van der Waals surface area (Å²) in [5.74, 6) is 0. The molecule has 0 saturated carbocycles. The molecule has 0 bridgehead atoms. The zero-order chi connectivity index (χ0) is 10.7. The van der Waals surface area contributed by atoms with Crippen LogP contribution in [0.2, 0.25) is 0 Å². The van der Waals surface area contributed by atoms with Crippen LogP contribution < -0.4 is 0 Å². The van der Waals surface area contributed by atoms with Crippen LogP contribution >= 0.6 is 0 Å². The van der Waals surface area contributed by atoms with E-state index in [0.717, 1.165) is 25.9 Å². The number of likely N-dealkylation sites (tertiary alicyclic amines) is 1. The van der Waals surface area contributed by atoms with Gasteiger partial charge < -0.3 is 14.5 Å². The summed E-state index contributed by atoms with van der Waals surface area (Å²) in [5, 5.41) is 8.73. The molecule has 2 amide bonds. The molecule has 2 fully saturated rings. The molecule has 0 aromatic rings. The van der Waals surface area contributed by atoms with E-state index in [1.807, 2.05) is 11.0 Å². The van der Waals surface area contributed by atoms with Gasteiger partial charge in [-0.2, -0.15) is 5.26 Å². The standard InChI is InChI=1S/C10H15N3O2/c11-7-9-8-13(5-6-15-9)10(14)12-3-1-2-4-12/h9H,1-6,8H2. The maximum Gasteiger partial charge on any atom is 0.320 e. The largest absolute Gasteiger partial charge is 0.360 e. The number of urea groups is 1. The summed E-state index contributed by atoms with van der Waals surface area (Å²) in [6.07, 6.45) is 1.74. The van der Waals surface area contributed by atoms with Crippen molar-refractivity contribution >= 4 is 6.03 Å². The number of hydrogen-bond donors (Lipinski definition) is 0. The van der Waals surface area contributed by atoms with Gasteiger partial charge in [-0.15, -0.1) is 0 Å². The first kappa shape index (κ1) is 10.2. The molecule has 2 aliphatic rings. The topological polar surface area (TPSA) is 56.6 Å². The van der Waals surface area contributed by atoms with Crippen molar-refractivity contribution in [2.24, 2.45) is 0 Å². The van der Waals surface area contributed by atoms with Crippen molar-refractivity contribution in [2.75, 3.05) is 32.8 Å². The Labute approximate surface area is 89.2 Å². The molecule has 5 nitrogen and oxygen atoms in total. The van der Waals surface area contributed by atoms with Crippen LogP contribution in [0.15, 0.2) is 0 Å². The van der Waals surface area contributed by atoms with Gasteiger partial charge in [-0.25, -0.2) is 4.79 Å². The molecule has 5 heteroatoms. The summed E-state index contributed by atoms with van der Waals surface area (Å²) in [6.45, 7) is 3.19. The van der Waals surface area contributed by atoms with E-state index in [2.05, 4.69) is 0 Å². The van der Waals surface area contributed by atoms with E-state index >= 15 is 0 Å². The molecule has 2 aliphatic heterocycles. The molecule has 0 aliphatic carbocycles. The quantitative estimate of drug-likeness (QED) is 0.581. The van der Waals surface area contributed by atoms with E-state index in [1.165, 1.54) is 0 Å². The van der Waals surface area contributed by atoms with Crippen LogP contribution in [0.3, 0.4) is 0 Å². The molecule has 2 rings (SSSR count). The Bertz CT molecular complexity index is 281. The second-order valence-electron chi connectivity index (χ2n) is 3.91. The Kier molecular flexibility index (Phi) is 3.07. The highest BCUT2D eigenvalue weighted by Crippen LogP contribution is 2.13. The number of carbonyl (C=O) groups is 1. The molecule has 2 heterocycles. The lowest BCUT2D eigenvalue weighted by Crippen LogP contribution is -2.50. The zero-order valence-electron chi connectivity index (χ0n) is 8.69. The lowest BCUT2D eigenvalue weighted by Gasteiger charge is -2.32. The van der Waals surface area contributed by atoms with Crippen molar-refractivity contribution in [1.29, 1.82) is 5.26 Å². The lowest BCUT2D eigenvalue weighted by molar-refractivity contribution is 0.0101. The minimum Gasteiger partial charge on any atom is -0.360 e. The third-order valence-electron chi connectivity index (χ3n) is 2.86. The van der Waals surface area contributed by atoms with Crippen molar-refractivity contribution < 1.29 is 9.53 Å². The first-order valence-electron chi connectivity index (χ1n) is 5.36. The van der Waals surface area contributed by atoms with Crippen LogP contribution in [0, 0.1) is 11.3 Å². The second kappa shape index (κ2) is 4.49. The van der Waals surface area contributed by atoms with Gasteiger partial charge in [-0.3, -0.25) is 0 Å². The number of amides is 2. The van der Waals surface area contributed by atoms with E-state index in [0.29, 0.717) is 19.7 Å². The Hall–Kier alpha value is -1.28. The van der Waals surface area contributed by atoms with Crippen molar-refractivity contribution in [2.45, 2.75) is 18.9 Å². The number of morpholine rings is 1. The fourth-order valence-corrected chi connectivity index (χ4v) is 2.01. The maximum atomic E-state index is 11.9. The van der Waals surface area contributed by atoms with Gasteiger partial charge in [0.1, 0.15) is 0 Å². The Balaban J connectivity index is 1.92. The van der Waals surface area contributed by atoms with E-state index in [-0.39, 0.29) is 6.03 Å². The minimum absolute atomic E-state index is 0.0658. The van der Waals surface area contributed by atoms with Crippen LogP contribution in [0.4, 0.5) is 4.79 Å². The summed E-state index contributed by atoms with van der Waals surface area (Å²) >= 11 is 0. The SMILES string of the molecule is N#CC1CN(C(=O)N2CCCC2)CCO1. The highest BCUT2D eigenvalue weighted by Gasteiger charge is 2.28. The van der Waals surface area contributed by atoms with Crippen LogP contribution in [0.25, 0.3) is 0 Å². The van der Waals surface area contributed by atoms with E-state index in [9.17, 15) is 4.79 Å². The summed E-state index contributed by atoms with van der Waals surface area (Å²) < 4.78 is 5.20. The van der Waals surface area contributed by atoms with Crippen molar-refractivity contribution in [3.05, 3.63) is 0 Å². The minimum atomic E-state index is -0.453. The van der Waals surface area contributed by atoms with Crippen LogP contribution in [-0.2, 0) is 4.74 Å². The van der Waals surface area contributed by atoms with E-state index < -0.39 is 6.10 Å². The smallest absolute Gasteiger partial charge is 0.320 e. The average molecular weight is 209 g/mol. The zero-order valence-corrected chi connectivity index (χ0v) is 8.69. The second-order valence-corrected chi connectivity index (χ2v) is 3.91. The number of hydrogen-bond acceptors (Lipinski definition) is 3. The number of carbonyl (C=O) groups excluding carboxylic acids is 1. The number of nitrogens with zero attached hydrogens (tertiary/aromatic N) is 3. The molecule has 0 aromatic carbocycles. The molecular weight excluding hydrogens is 194 g/mol. The highest BCUT2D eigenvalue weighted by atomic mass is 16.5. The number of nitriles is 1. The summed E-state index contributed by atoms with van der Waals surface area (Å²) in [7, 11) is 0. The van der Waals surface area contributed by atoms with Gasteiger partial charge in [0.2, 0.25) is 0 Å². The molecule has 0 aromatic heterocycles. The van der Waals surface area contributed by atoms with E-state index in [4.69, 9.17) is 10.00 Å². The van der Waals surface area contributed by atoms with Gasteiger partial charge in [0, 0.05) is 19.6 Å². The first-order chi connectivity index (χ1) is 7.31. The summed E-state index contributed by atoms with van der Waals surface area (Å²) in [5.41, 5.74) is 0.